The first-order chi connectivity index (χ1) is 13.5. The van der Waals surface area contributed by atoms with Crippen molar-refractivity contribution in [3.05, 3.63) is 46.8 Å². The largest absolute Gasteiger partial charge is 0.465 e. The quantitative estimate of drug-likeness (QED) is 0.748. The predicted molar refractivity (Wildman–Crippen MR) is 107 cm³/mol. The van der Waals surface area contributed by atoms with Gasteiger partial charge >= 0.3 is 5.97 Å². The minimum absolute atomic E-state index is 0.123. The molecule has 7 heteroatoms. The number of aromatic nitrogens is 1. The Labute approximate surface area is 164 Å². The first-order valence-corrected chi connectivity index (χ1v) is 9.47. The van der Waals surface area contributed by atoms with E-state index in [4.69, 9.17) is 4.74 Å². The second-order valence-corrected chi connectivity index (χ2v) is 6.87. The van der Waals surface area contributed by atoms with Gasteiger partial charge in [-0.3, -0.25) is 9.59 Å². The molecule has 0 saturated carbocycles. The monoisotopic (exact) mass is 383 g/mol. The zero-order chi connectivity index (χ0) is 20.3. The van der Waals surface area contributed by atoms with E-state index in [9.17, 15) is 14.4 Å². The maximum absolute atomic E-state index is 12.8. The second kappa shape index (κ2) is 8.29. The molecular weight excluding hydrogens is 358 g/mol. The highest BCUT2D eigenvalue weighted by atomic mass is 16.5. The van der Waals surface area contributed by atoms with Gasteiger partial charge in [-0.1, -0.05) is 13.3 Å². The summed E-state index contributed by atoms with van der Waals surface area (Å²) in [5.41, 5.74) is 3.54. The number of nitrogens with one attached hydrogen (secondary N) is 2. The Morgan fingerprint density at radius 1 is 1.25 bits per heavy atom. The SMILES string of the molecule is CCCc1c(C(=O)Nc2ccc(N3CCCC3=O)cc2)[nH]c(C)c1C(=O)OC. The lowest BCUT2D eigenvalue weighted by Crippen LogP contribution is -2.23. The van der Waals surface area contributed by atoms with E-state index in [2.05, 4.69) is 10.3 Å². The minimum Gasteiger partial charge on any atom is -0.465 e. The summed E-state index contributed by atoms with van der Waals surface area (Å²) in [5.74, 6) is -0.638. The van der Waals surface area contributed by atoms with Crippen LogP contribution in [0.15, 0.2) is 24.3 Å². The topological polar surface area (TPSA) is 91.5 Å². The maximum Gasteiger partial charge on any atom is 0.339 e. The fraction of sp³-hybridized carbons (Fsp3) is 0.381. The fourth-order valence-corrected chi connectivity index (χ4v) is 3.59. The molecule has 1 saturated heterocycles. The normalized spacial score (nSPS) is 13.7. The molecule has 2 heterocycles. The van der Waals surface area contributed by atoms with Gasteiger partial charge in [-0.15, -0.1) is 0 Å². The van der Waals surface area contributed by atoms with E-state index in [-0.39, 0.29) is 11.8 Å². The Morgan fingerprint density at radius 3 is 2.54 bits per heavy atom. The van der Waals surface area contributed by atoms with Crippen LogP contribution in [0.1, 0.15) is 58.3 Å². The maximum atomic E-state index is 12.8. The van der Waals surface area contributed by atoms with Gasteiger partial charge in [0.05, 0.1) is 12.7 Å². The van der Waals surface area contributed by atoms with Crippen molar-refractivity contribution in [1.82, 2.24) is 4.98 Å². The van der Waals surface area contributed by atoms with Crippen molar-refractivity contribution in [3.8, 4) is 0 Å². The number of esters is 1. The van der Waals surface area contributed by atoms with Crippen molar-refractivity contribution in [2.75, 3.05) is 23.9 Å². The van der Waals surface area contributed by atoms with Gasteiger partial charge < -0.3 is 19.9 Å². The number of aromatic amines is 1. The third-order valence-corrected chi connectivity index (χ3v) is 4.92. The van der Waals surface area contributed by atoms with E-state index < -0.39 is 5.97 Å². The highest BCUT2D eigenvalue weighted by molar-refractivity contribution is 6.07. The number of ether oxygens (including phenoxy) is 1. The molecule has 7 nitrogen and oxygen atoms in total. The van der Waals surface area contributed by atoms with E-state index in [1.807, 2.05) is 19.1 Å². The Balaban J connectivity index is 1.81. The molecule has 2 N–H and O–H groups in total. The van der Waals surface area contributed by atoms with Crippen molar-refractivity contribution in [3.63, 3.8) is 0 Å². The lowest BCUT2D eigenvalue weighted by atomic mass is 10.0. The Bertz CT molecular complexity index is 899. The minimum atomic E-state index is -0.448. The summed E-state index contributed by atoms with van der Waals surface area (Å²) >= 11 is 0. The molecule has 2 amide bonds. The third-order valence-electron chi connectivity index (χ3n) is 4.92. The van der Waals surface area contributed by atoms with Crippen LogP contribution in [0, 0.1) is 6.92 Å². The van der Waals surface area contributed by atoms with Gasteiger partial charge in [-0.25, -0.2) is 4.79 Å². The summed E-state index contributed by atoms with van der Waals surface area (Å²) in [4.78, 5) is 41.6. The van der Waals surface area contributed by atoms with E-state index in [1.165, 1.54) is 7.11 Å². The summed E-state index contributed by atoms with van der Waals surface area (Å²) in [6.07, 6.45) is 2.83. The van der Waals surface area contributed by atoms with E-state index in [1.54, 1.807) is 24.0 Å². The van der Waals surface area contributed by atoms with Gasteiger partial charge in [0.15, 0.2) is 0 Å². The number of anilines is 2. The van der Waals surface area contributed by atoms with Crippen LogP contribution >= 0.6 is 0 Å². The van der Waals surface area contributed by atoms with Gasteiger partial charge in [0.2, 0.25) is 5.91 Å². The van der Waals surface area contributed by atoms with Crippen molar-refractivity contribution in [2.24, 2.45) is 0 Å². The number of rotatable bonds is 6. The van der Waals surface area contributed by atoms with Crippen molar-refractivity contribution >= 4 is 29.2 Å². The molecule has 3 rings (SSSR count). The highest BCUT2D eigenvalue weighted by Gasteiger charge is 2.25. The molecule has 148 valence electrons. The Morgan fingerprint density at radius 2 is 1.96 bits per heavy atom. The van der Waals surface area contributed by atoms with Gasteiger partial charge in [0, 0.05) is 30.0 Å². The number of carbonyl (C=O) groups excluding carboxylic acids is 3. The number of carbonyl (C=O) groups is 3. The molecule has 2 aromatic rings. The molecule has 1 aromatic carbocycles. The molecular formula is C21H25N3O4. The number of hydrogen-bond acceptors (Lipinski definition) is 4. The smallest absolute Gasteiger partial charge is 0.339 e. The Hall–Kier alpha value is -3.09. The van der Waals surface area contributed by atoms with E-state index >= 15 is 0 Å². The Kier molecular flexibility index (Phi) is 5.82. The molecule has 28 heavy (non-hydrogen) atoms. The van der Waals surface area contributed by atoms with Crippen LogP contribution in [0.3, 0.4) is 0 Å². The number of H-pyrrole nitrogens is 1. The van der Waals surface area contributed by atoms with Crippen LogP contribution in [-0.4, -0.2) is 36.4 Å². The fourth-order valence-electron chi connectivity index (χ4n) is 3.59. The lowest BCUT2D eigenvalue weighted by Gasteiger charge is -2.16. The molecule has 1 aliphatic rings. The van der Waals surface area contributed by atoms with Crippen LogP contribution in [0.2, 0.25) is 0 Å². The summed E-state index contributed by atoms with van der Waals surface area (Å²) in [6, 6.07) is 7.20. The van der Waals surface area contributed by atoms with Crippen LogP contribution < -0.4 is 10.2 Å². The average Bonchev–Trinajstić information content (AvgIpc) is 3.25. The van der Waals surface area contributed by atoms with Crippen molar-refractivity contribution < 1.29 is 19.1 Å². The summed E-state index contributed by atoms with van der Waals surface area (Å²) in [7, 11) is 1.33. The van der Waals surface area contributed by atoms with Crippen LogP contribution in [0.5, 0.6) is 0 Å². The molecule has 0 aliphatic carbocycles. The van der Waals surface area contributed by atoms with Crippen LogP contribution in [-0.2, 0) is 16.0 Å². The van der Waals surface area contributed by atoms with Crippen LogP contribution in [0.4, 0.5) is 11.4 Å². The van der Waals surface area contributed by atoms with Gasteiger partial charge in [-0.2, -0.15) is 0 Å². The first kappa shape index (κ1) is 19.7. The molecule has 0 bridgehead atoms. The van der Waals surface area contributed by atoms with Crippen molar-refractivity contribution in [2.45, 2.75) is 39.5 Å². The van der Waals surface area contributed by atoms with Gasteiger partial charge in [0.25, 0.3) is 5.91 Å². The number of aryl methyl sites for hydroxylation is 1. The van der Waals surface area contributed by atoms with Gasteiger partial charge in [-0.05, 0) is 49.6 Å². The summed E-state index contributed by atoms with van der Waals surface area (Å²) in [5, 5.41) is 2.86. The number of benzene rings is 1. The summed E-state index contributed by atoms with van der Waals surface area (Å²) < 4.78 is 4.86. The zero-order valence-electron chi connectivity index (χ0n) is 16.4. The lowest BCUT2D eigenvalue weighted by molar-refractivity contribution is -0.117. The predicted octanol–water partition coefficient (Wildman–Crippen LogP) is 3.44. The number of amides is 2. The van der Waals surface area contributed by atoms with Crippen molar-refractivity contribution in [1.29, 1.82) is 0 Å². The van der Waals surface area contributed by atoms with E-state index in [0.29, 0.717) is 41.0 Å². The van der Waals surface area contributed by atoms with Crippen LogP contribution in [0.25, 0.3) is 0 Å². The third kappa shape index (κ3) is 3.78. The molecule has 0 atom stereocenters. The second-order valence-electron chi connectivity index (χ2n) is 6.87. The average molecular weight is 383 g/mol. The molecule has 0 radical (unpaired) electrons. The number of methoxy groups -OCH3 is 1. The first-order valence-electron chi connectivity index (χ1n) is 9.47. The molecule has 1 aliphatic heterocycles. The molecule has 0 unspecified atom stereocenters. The number of nitrogens with zero attached hydrogens (tertiary/aromatic N) is 1. The standard InChI is InChI=1S/C21H25N3O4/c1-4-6-16-18(21(27)28-3)13(2)22-19(16)20(26)23-14-8-10-15(11-9-14)24-12-5-7-17(24)25/h8-11,22H,4-7,12H2,1-3H3,(H,23,26). The molecule has 1 aromatic heterocycles. The van der Waals surface area contributed by atoms with E-state index in [0.717, 1.165) is 25.1 Å². The highest BCUT2D eigenvalue weighted by Crippen LogP contribution is 2.25. The summed E-state index contributed by atoms with van der Waals surface area (Å²) in [6.45, 7) is 4.47. The zero-order valence-corrected chi connectivity index (χ0v) is 16.4. The van der Waals surface area contributed by atoms with Gasteiger partial charge in [0.1, 0.15) is 5.69 Å². The molecule has 0 spiro atoms. The number of hydrogen-bond donors (Lipinski definition) is 2. The molecule has 1 fully saturated rings.